The van der Waals surface area contributed by atoms with Gasteiger partial charge in [-0.2, -0.15) is 4.31 Å². The number of carbonyl (C=O) groups is 1. The van der Waals surface area contributed by atoms with Crippen LogP contribution in [0.5, 0.6) is 0 Å². The maximum absolute atomic E-state index is 12.8. The van der Waals surface area contributed by atoms with Gasteiger partial charge in [-0.1, -0.05) is 34.8 Å². The van der Waals surface area contributed by atoms with Gasteiger partial charge in [0.2, 0.25) is 15.9 Å². The number of hydrogen-bond acceptors (Lipinski definition) is 3. The van der Waals surface area contributed by atoms with Crippen LogP contribution in [0.4, 0.5) is 5.69 Å². The molecule has 1 N–H and O–H groups in total. The summed E-state index contributed by atoms with van der Waals surface area (Å²) in [7, 11) is -3.69. The van der Waals surface area contributed by atoms with Gasteiger partial charge in [0.15, 0.2) is 0 Å². The third-order valence-corrected chi connectivity index (χ3v) is 7.09. The standard InChI is InChI=1S/C18H17Cl3N2O3S/c19-13-3-6-15(7-4-13)27(25,26)23-9-1-2-12(11-23)18(24)22-17-10-14(20)5-8-16(17)21/h3-8,10,12H,1-2,9,11H2,(H,22,24)/t12-/m0/s1. The lowest BCUT2D eigenvalue weighted by Crippen LogP contribution is -2.43. The van der Waals surface area contributed by atoms with Crippen LogP contribution in [0.3, 0.4) is 0 Å². The van der Waals surface area contributed by atoms with Crippen LogP contribution >= 0.6 is 34.8 Å². The predicted molar refractivity (Wildman–Crippen MR) is 108 cm³/mol. The van der Waals surface area contributed by atoms with Gasteiger partial charge in [-0.15, -0.1) is 0 Å². The minimum Gasteiger partial charge on any atom is -0.324 e. The van der Waals surface area contributed by atoms with E-state index >= 15 is 0 Å². The Bertz CT molecular complexity index is 949. The monoisotopic (exact) mass is 446 g/mol. The van der Waals surface area contributed by atoms with Crippen molar-refractivity contribution in [2.24, 2.45) is 5.92 Å². The van der Waals surface area contributed by atoms with E-state index in [0.717, 1.165) is 0 Å². The number of halogens is 3. The van der Waals surface area contributed by atoms with Crippen molar-refractivity contribution in [1.29, 1.82) is 0 Å². The largest absolute Gasteiger partial charge is 0.324 e. The molecule has 0 aliphatic carbocycles. The highest BCUT2D eigenvalue weighted by atomic mass is 35.5. The fraction of sp³-hybridized carbons (Fsp3) is 0.278. The van der Waals surface area contributed by atoms with Crippen LogP contribution in [-0.4, -0.2) is 31.7 Å². The Morgan fingerprint density at radius 3 is 2.41 bits per heavy atom. The van der Waals surface area contributed by atoms with E-state index in [1.807, 2.05) is 0 Å². The molecule has 144 valence electrons. The number of benzene rings is 2. The molecule has 0 bridgehead atoms. The Kier molecular flexibility index (Phi) is 6.33. The Morgan fingerprint density at radius 2 is 1.70 bits per heavy atom. The molecule has 0 unspecified atom stereocenters. The van der Waals surface area contributed by atoms with Crippen LogP contribution in [0, 0.1) is 5.92 Å². The molecule has 5 nitrogen and oxygen atoms in total. The van der Waals surface area contributed by atoms with Crippen LogP contribution in [0.25, 0.3) is 0 Å². The molecule has 1 aliphatic rings. The minimum atomic E-state index is -3.69. The molecule has 2 aromatic rings. The van der Waals surface area contributed by atoms with Crippen LogP contribution in [0.2, 0.25) is 15.1 Å². The molecule has 27 heavy (non-hydrogen) atoms. The second kappa shape index (κ2) is 8.37. The van der Waals surface area contributed by atoms with Crippen molar-refractivity contribution >= 4 is 56.4 Å². The lowest BCUT2D eigenvalue weighted by atomic mass is 9.99. The molecular weight excluding hydrogens is 431 g/mol. The molecule has 1 aliphatic heterocycles. The van der Waals surface area contributed by atoms with E-state index in [4.69, 9.17) is 34.8 Å². The molecule has 1 saturated heterocycles. The summed E-state index contributed by atoms with van der Waals surface area (Å²) in [6, 6.07) is 10.8. The molecule has 1 atom stereocenters. The molecule has 9 heteroatoms. The van der Waals surface area contributed by atoms with E-state index in [0.29, 0.717) is 40.1 Å². The van der Waals surface area contributed by atoms with Crippen molar-refractivity contribution in [2.75, 3.05) is 18.4 Å². The molecule has 0 aromatic heterocycles. The average molecular weight is 448 g/mol. The van der Waals surface area contributed by atoms with Crippen molar-refractivity contribution in [3.05, 3.63) is 57.5 Å². The van der Waals surface area contributed by atoms with Gasteiger partial charge in [0.1, 0.15) is 0 Å². The van der Waals surface area contributed by atoms with Crippen LogP contribution in [0.15, 0.2) is 47.4 Å². The molecule has 1 amide bonds. The average Bonchev–Trinajstić information content (AvgIpc) is 2.65. The molecule has 0 spiro atoms. The Morgan fingerprint density at radius 1 is 1.04 bits per heavy atom. The maximum Gasteiger partial charge on any atom is 0.243 e. The normalized spacial score (nSPS) is 18.3. The van der Waals surface area contributed by atoms with Gasteiger partial charge in [-0.3, -0.25) is 4.79 Å². The van der Waals surface area contributed by atoms with Gasteiger partial charge in [0.25, 0.3) is 0 Å². The molecule has 1 heterocycles. The van der Waals surface area contributed by atoms with Gasteiger partial charge in [-0.05, 0) is 55.3 Å². The topological polar surface area (TPSA) is 66.5 Å². The number of piperidine rings is 1. The number of anilines is 1. The highest BCUT2D eigenvalue weighted by Gasteiger charge is 2.33. The number of rotatable bonds is 4. The summed E-state index contributed by atoms with van der Waals surface area (Å²) >= 11 is 17.9. The lowest BCUT2D eigenvalue weighted by molar-refractivity contribution is -0.120. The molecule has 1 fully saturated rings. The second-order valence-electron chi connectivity index (χ2n) is 6.27. The summed E-state index contributed by atoms with van der Waals surface area (Å²) < 4.78 is 27.0. The predicted octanol–water partition coefficient (Wildman–Crippen LogP) is 4.69. The van der Waals surface area contributed by atoms with Crippen LogP contribution in [0.1, 0.15) is 12.8 Å². The zero-order valence-electron chi connectivity index (χ0n) is 14.2. The summed E-state index contributed by atoms with van der Waals surface area (Å²) in [5.74, 6) is -0.758. The highest BCUT2D eigenvalue weighted by molar-refractivity contribution is 7.89. The minimum absolute atomic E-state index is 0.106. The fourth-order valence-corrected chi connectivity index (χ4v) is 4.95. The van der Waals surface area contributed by atoms with Crippen molar-refractivity contribution in [1.82, 2.24) is 4.31 Å². The quantitative estimate of drug-likeness (QED) is 0.739. The number of amides is 1. The second-order valence-corrected chi connectivity index (χ2v) is 9.49. The molecule has 2 aromatic carbocycles. The smallest absolute Gasteiger partial charge is 0.243 e. The fourth-order valence-electron chi connectivity index (χ4n) is 2.96. The van der Waals surface area contributed by atoms with Crippen molar-refractivity contribution in [2.45, 2.75) is 17.7 Å². The molecule has 0 radical (unpaired) electrons. The maximum atomic E-state index is 12.8. The highest BCUT2D eigenvalue weighted by Crippen LogP contribution is 2.28. The summed E-state index contributed by atoms with van der Waals surface area (Å²) in [5, 5.41) is 4.03. The Hall–Kier alpha value is -1.31. The van der Waals surface area contributed by atoms with Gasteiger partial charge < -0.3 is 5.32 Å². The first-order valence-electron chi connectivity index (χ1n) is 8.29. The number of nitrogens with zero attached hydrogens (tertiary/aromatic N) is 1. The summed E-state index contributed by atoms with van der Waals surface area (Å²) in [6.07, 6.45) is 1.19. The van der Waals surface area contributed by atoms with Crippen molar-refractivity contribution in [3.63, 3.8) is 0 Å². The molecule has 3 rings (SSSR count). The Balaban J connectivity index is 1.74. The van der Waals surface area contributed by atoms with Gasteiger partial charge in [0.05, 0.1) is 21.5 Å². The zero-order valence-corrected chi connectivity index (χ0v) is 17.2. The van der Waals surface area contributed by atoms with E-state index in [9.17, 15) is 13.2 Å². The first-order chi connectivity index (χ1) is 12.8. The number of hydrogen-bond donors (Lipinski definition) is 1. The molecular formula is C18H17Cl3N2O3S. The van der Waals surface area contributed by atoms with E-state index in [2.05, 4.69) is 5.32 Å². The Labute approximate surface area is 173 Å². The first-order valence-corrected chi connectivity index (χ1v) is 10.9. The zero-order chi connectivity index (χ0) is 19.6. The first kappa shape index (κ1) is 20.4. The lowest BCUT2D eigenvalue weighted by Gasteiger charge is -2.31. The third-order valence-electron chi connectivity index (χ3n) is 4.39. The van der Waals surface area contributed by atoms with E-state index < -0.39 is 15.9 Å². The number of carbonyl (C=O) groups excluding carboxylic acids is 1. The summed E-state index contributed by atoms with van der Waals surface area (Å²) in [5.41, 5.74) is 0.409. The molecule has 0 saturated carbocycles. The van der Waals surface area contributed by atoms with Gasteiger partial charge >= 0.3 is 0 Å². The van der Waals surface area contributed by atoms with Gasteiger partial charge in [-0.25, -0.2) is 8.42 Å². The van der Waals surface area contributed by atoms with Crippen molar-refractivity contribution in [3.8, 4) is 0 Å². The van der Waals surface area contributed by atoms with Crippen LogP contribution in [-0.2, 0) is 14.8 Å². The number of sulfonamides is 1. The van der Waals surface area contributed by atoms with E-state index in [1.54, 1.807) is 18.2 Å². The van der Waals surface area contributed by atoms with Gasteiger partial charge in [0, 0.05) is 23.1 Å². The third kappa shape index (κ3) is 4.76. The summed E-state index contributed by atoms with van der Waals surface area (Å²) in [6.45, 7) is 0.474. The summed E-state index contributed by atoms with van der Waals surface area (Å²) in [4.78, 5) is 12.8. The number of nitrogens with one attached hydrogen (secondary N) is 1. The van der Waals surface area contributed by atoms with Crippen LogP contribution < -0.4 is 5.32 Å². The van der Waals surface area contributed by atoms with Crippen molar-refractivity contribution < 1.29 is 13.2 Å². The van der Waals surface area contributed by atoms with E-state index in [1.165, 1.54) is 28.6 Å². The van der Waals surface area contributed by atoms with E-state index in [-0.39, 0.29) is 17.3 Å². The SMILES string of the molecule is O=C(Nc1cc(Cl)ccc1Cl)[C@H]1CCCN(S(=O)(=O)c2ccc(Cl)cc2)C1.